The van der Waals surface area contributed by atoms with Gasteiger partial charge in [0.05, 0.1) is 29.8 Å². The Morgan fingerprint density at radius 2 is 1.72 bits per heavy atom. The van der Waals surface area contributed by atoms with Crippen LogP contribution in [0.3, 0.4) is 0 Å². The number of aromatic nitrogens is 1. The summed E-state index contributed by atoms with van der Waals surface area (Å²) in [6.07, 6.45) is 7.46. The molecule has 2 fully saturated rings. The van der Waals surface area contributed by atoms with Crippen molar-refractivity contribution in [2.75, 3.05) is 19.7 Å². The highest BCUT2D eigenvalue weighted by Gasteiger charge is 2.26. The molecular weight excluding hydrogens is 448 g/mol. The number of likely N-dealkylation sites (tertiary alicyclic amines) is 1. The van der Waals surface area contributed by atoms with Crippen LogP contribution in [0.5, 0.6) is 5.75 Å². The van der Waals surface area contributed by atoms with E-state index in [1.54, 1.807) is 0 Å². The van der Waals surface area contributed by atoms with Crippen LogP contribution in [-0.4, -0.2) is 41.7 Å². The van der Waals surface area contributed by atoms with E-state index in [0.717, 1.165) is 74.1 Å². The lowest BCUT2D eigenvalue weighted by Gasteiger charge is -2.30. The standard InChI is InChI=1S/C31H38N2O3/c1-2-20-35-31(34)25-16-18-33(19-17-25)22-27-11-8-26-21-29(14-15-30(26)32-27)36-28-12-9-24(10-13-28)23-6-4-3-5-7-23/h3-8,11,14-15,21,24-25,28H,2,9-10,12-13,16-20,22H2,1H3. The molecule has 0 amide bonds. The van der Waals surface area contributed by atoms with Gasteiger partial charge in [0.15, 0.2) is 0 Å². The second kappa shape index (κ2) is 11.9. The molecular formula is C31H38N2O3. The Kier molecular flexibility index (Phi) is 8.17. The first-order valence-corrected chi connectivity index (χ1v) is 13.7. The van der Waals surface area contributed by atoms with Crippen molar-refractivity contribution in [1.29, 1.82) is 0 Å². The number of benzene rings is 2. The highest BCUT2D eigenvalue weighted by Crippen LogP contribution is 2.35. The fraction of sp³-hybridized carbons (Fsp3) is 0.484. The van der Waals surface area contributed by atoms with Gasteiger partial charge >= 0.3 is 5.97 Å². The van der Waals surface area contributed by atoms with Gasteiger partial charge in [-0.15, -0.1) is 0 Å². The fourth-order valence-corrected chi connectivity index (χ4v) is 5.62. The quantitative estimate of drug-likeness (QED) is 0.340. The Hall–Kier alpha value is -2.92. The topological polar surface area (TPSA) is 51.7 Å². The minimum atomic E-state index is -0.0254. The molecule has 0 atom stereocenters. The van der Waals surface area contributed by atoms with Gasteiger partial charge in [-0.1, -0.05) is 43.3 Å². The summed E-state index contributed by atoms with van der Waals surface area (Å²) in [5, 5.41) is 1.12. The molecule has 1 aromatic heterocycles. The molecule has 5 nitrogen and oxygen atoms in total. The molecule has 0 unspecified atom stereocenters. The van der Waals surface area contributed by atoms with Crippen LogP contribution < -0.4 is 4.74 Å². The van der Waals surface area contributed by atoms with Gasteiger partial charge in [-0.2, -0.15) is 0 Å². The van der Waals surface area contributed by atoms with Crippen molar-refractivity contribution in [3.05, 3.63) is 71.9 Å². The zero-order valence-corrected chi connectivity index (χ0v) is 21.4. The largest absolute Gasteiger partial charge is 0.490 e. The summed E-state index contributed by atoms with van der Waals surface area (Å²) in [6, 6.07) is 21.4. The Balaban J connectivity index is 1.12. The van der Waals surface area contributed by atoms with Crippen molar-refractivity contribution in [2.45, 2.75) is 70.4 Å². The summed E-state index contributed by atoms with van der Waals surface area (Å²) < 4.78 is 11.7. The molecule has 0 radical (unpaired) electrons. The van der Waals surface area contributed by atoms with Crippen LogP contribution in [-0.2, 0) is 16.1 Å². The number of rotatable bonds is 8. The minimum Gasteiger partial charge on any atom is -0.490 e. The van der Waals surface area contributed by atoms with Crippen LogP contribution in [0.1, 0.15) is 69.0 Å². The number of hydrogen-bond acceptors (Lipinski definition) is 5. The summed E-state index contributed by atoms with van der Waals surface area (Å²) in [5.41, 5.74) is 3.54. The molecule has 36 heavy (non-hydrogen) atoms. The zero-order chi connectivity index (χ0) is 24.7. The van der Waals surface area contributed by atoms with E-state index < -0.39 is 0 Å². The van der Waals surface area contributed by atoms with Gasteiger partial charge in [-0.25, -0.2) is 0 Å². The molecule has 0 bridgehead atoms. The van der Waals surface area contributed by atoms with E-state index in [2.05, 4.69) is 65.6 Å². The van der Waals surface area contributed by atoms with Crippen molar-refractivity contribution in [3.63, 3.8) is 0 Å². The van der Waals surface area contributed by atoms with Gasteiger partial charge in [-0.05, 0) is 93.8 Å². The lowest BCUT2D eigenvalue weighted by Crippen LogP contribution is -2.36. The number of piperidine rings is 1. The lowest BCUT2D eigenvalue weighted by molar-refractivity contribution is -0.150. The van der Waals surface area contributed by atoms with Crippen molar-refractivity contribution in [1.82, 2.24) is 9.88 Å². The predicted molar refractivity (Wildman–Crippen MR) is 143 cm³/mol. The smallest absolute Gasteiger partial charge is 0.309 e. The molecule has 2 heterocycles. The summed E-state index contributed by atoms with van der Waals surface area (Å²) in [4.78, 5) is 19.4. The normalized spacial score (nSPS) is 21.4. The minimum absolute atomic E-state index is 0.0254. The second-order valence-corrected chi connectivity index (χ2v) is 10.4. The molecule has 2 aromatic carbocycles. The fourth-order valence-electron chi connectivity index (χ4n) is 5.62. The third-order valence-corrected chi connectivity index (χ3v) is 7.72. The van der Waals surface area contributed by atoms with E-state index in [1.807, 2.05) is 6.92 Å². The Morgan fingerprint density at radius 1 is 0.944 bits per heavy atom. The number of nitrogens with zero attached hydrogens (tertiary/aromatic N) is 2. The summed E-state index contributed by atoms with van der Waals surface area (Å²) >= 11 is 0. The Bertz CT molecular complexity index is 1130. The SMILES string of the molecule is CCCOC(=O)C1CCN(Cc2ccc3cc(OC4CCC(c5ccccc5)CC4)ccc3n2)CC1. The van der Waals surface area contributed by atoms with Crippen molar-refractivity contribution < 1.29 is 14.3 Å². The first kappa shape index (κ1) is 24.8. The zero-order valence-electron chi connectivity index (χ0n) is 21.4. The van der Waals surface area contributed by atoms with Crippen LogP contribution in [0, 0.1) is 5.92 Å². The molecule has 2 aliphatic rings. The first-order chi connectivity index (χ1) is 17.7. The van der Waals surface area contributed by atoms with Gasteiger partial charge in [0.25, 0.3) is 0 Å². The molecule has 5 heteroatoms. The molecule has 1 aliphatic heterocycles. The van der Waals surface area contributed by atoms with E-state index in [0.29, 0.717) is 12.5 Å². The van der Waals surface area contributed by atoms with E-state index in [1.165, 1.54) is 18.4 Å². The average Bonchev–Trinajstić information content (AvgIpc) is 2.93. The van der Waals surface area contributed by atoms with Crippen molar-refractivity contribution in [2.24, 2.45) is 5.92 Å². The van der Waals surface area contributed by atoms with Crippen LogP contribution in [0.4, 0.5) is 0 Å². The number of esters is 1. The van der Waals surface area contributed by atoms with Crippen LogP contribution in [0.25, 0.3) is 10.9 Å². The number of ether oxygens (including phenoxy) is 2. The van der Waals surface area contributed by atoms with Gasteiger partial charge in [0, 0.05) is 11.9 Å². The lowest BCUT2D eigenvalue weighted by atomic mass is 9.83. The molecule has 1 saturated heterocycles. The Morgan fingerprint density at radius 3 is 2.47 bits per heavy atom. The molecule has 190 valence electrons. The number of carbonyl (C=O) groups excluding carboxylic acids is 1. The van der Waals surface area contributed by atoms with Gasteiger partial charge in [0.1, 0.15) is 5.75 Å². The molecule has 0 N–H and O–H groups in total. The molecule has 3 aromatic rings. The third-order valence-electron chi connectivity index (χ3n) is 7.72. The maximum absolute atomic E-state index is 12.1. The first-order valence-electron chi connectivity index (χ1n) is 13.7. The number of pyridine rings is 1. The van der Waals surface area contributed by atoms with Gasteiger partial charge in [-0.3, -0.25) is 14.7 Å². The van der Waals surface area contributed by atoms with E-state index in [-0.39, 0.29) is 18.0 Å². The van der Waals surface area contributed by atoms with Crippen LogP contribution in [0.15, 0.2) is 60.7 Å². The Labute approximate surface area is 214 Å². The molecule has 1 saturated carbocycles. The second-order valence-electron chi connectivity index (χ2n) is 10.4. The molecule has 5 rings (SSSR count). The highest BCUT2D eigenvalue weighted by molar-refractivity contribution is 5.80. The van der Waals surface area contributed by atoms with Crippen LogP contribution >= 0.6 is 0 Å². The van der Waals surface area contributed by atoms with E-state index >= 15 is 0 Å². The highest BCUT2D eigenvalue weighted by atomic mass is 16.5. The average molecular weight is 487 g/mol. The summed E-state index contributed by atoms with van der Waals surface area (Å²) in [6.45, 7) is 5.19. The third kappa shape index (κ3) is 6.25. The van der Waals surface area contributed by atoms with Crippen molar-refractivity contribution in [3.8, 4) is 5.75 Å². The summed E-state index contributed by atoms with van der Waals surface area (Å²) in [5.74, 6) is 1.62. The van der Waals surface area contributed by atoms with E-state index in [9.17, 15) is 4.79 Å². The van der Waals surface area contributed by atoms with Crippen LogP contribution in [0.2, 0.25) is 0 Å². The van der Waals surface area contributed by atoms with E-state index in [4.69, 9.17) is 14.5 Å². The van der Waals surface area contributed by atoms with Gasteiger partial charge in [0.2, 0.25) is 0 Å². The van der Waals surface area contributed by atoms with Crippen molar-refractivity contribution >= 4 is 16.9 Å². The number of fused-ring (bicyclic) bond motifs is 1. The number of hydrogen-bond donors (Lipinski definition) is 0. The monoisotopic (exact) mass is 486 g/mol. The number of carbonyl (C=O) groups is 1. The molecule has 0 spiro atoms. The summed E-state index contributed by atoms with van der Waals surface area (Å²) in [7, 11) is 0. The van der Waals surface area contributed by atoms with Gasteiger partial charge < -0.3 is 9.47 Å². The maximum Gasteiger partial charge on any atom is 0.309 e. The molecule has 1 aliphatic carbocycles. The maximum atomic E-state index is 12.1. The predicted octanol–water partition coefficient (Wildman–Crippen LogP) is 6.51.